The zero-order chi connectivity index (χ0) is 20.9. The fourth-order valence-electron chi connectivity index (χ4n) is 2.86. The molecule has 0 spiro atoms. The maximum Gasteiger partial charge on any atom is 0.243 e. The molecule has 2 rings (SSSR count). The van der Waals surface area contributed by atoms with E-state index < -0.39 is 15.9 Å². The van der Waals surface area contributed by atoms with Crippen LogP contribution < -0.4 is 10.2 Å². The van der Waals surface area contributed by atoms with Gasteiger partial charge in [-0.3, -0.25) is 4.79 Å². The number of rotatable bonds is 8. The largest absolute Gasteiger partial charge is 0.369 e. The summed E-state index contributed by atoms with van der Waals surface area (Å²) in [7, 11) is -2.40. The highest BCUT2D eigenvalue weighted by molar-refractivity contribution is 7.89. The van der Waals surface area contributed by atoms with Gasteiger partial charge in [0.2, 0.25) is 15.9 Å². The highest BCUT2D eigenvalue weighted by Crippen LogP contribution is 2.20. The fourth-order valence-corrected chi connectivity index (χ4v) is 4.11. The predicted octanol–water partition coefficient (Wildman–Crippen LogP) is 3.83. The number of amides is 1. The van der Waals surface area contributed by atoms with Gasteiger partial charge >= 0.3 is 0 Å². The molecule has 0 aromatic heterocycles. The first kappa shape index (κ1) is 22.2. The minimum atomic E-state index is -3.77. The van der Waals surface area contributed by atoms with Crippen LogP contribution in [0.25, 0.3) is 0 Å². The molecule has 0 saturated carbocycles. The van der Waals surface area contributed by atoms with Gasteiger partial charge in [0.05, 0.1) is 11.4 Å². The lowest BCUT2D eigenvalue weighted by molar-refractivity contribution is -0.116. The normalized spacial score (nSPS) is 11.7. The standard InChI is InChI=1S/C20H26ClN3O3S/c1-5-24(15(2)3)18-10-8-17(9-11-18)22-20(25)14-23(4)28(26,27)19-12-6-16(21)7-13-19/h6-13,15H,5,14H2,1-4H3,(H,22,25). The summed E-state index contributed by atoms with van der Waals surface area (Å²) in [4.78, 5) is 14.6. The van der Waals surface area contributed by atoms with Crippen molar-refractivity contribution in [3.05, 3.63) is 53.6 Å². The number of halogens is 1. The molecule has 1 amide bonds. The molecule has 8 heteroatoms. The number of benzene rings is 2. The summed E-state index contributed by atoms with van der Waals surface area (Å²) in [5.74, 6) is -0.413. The van der Waals surface area contributed by atoms with Gasteiger partial charge in [0.1, 0.15) is 0 Å². The van der Waals surface area contributed by atoms with Crippen molar-refractivity contribution in [1.82, 2.24) is 4.31 Å². The Labute approximate surface area is 172 Å². The van der Waals surface area contributed by atoms with Gasteiger partial charge in [0.25, 0.3) is 0 Å². The zero-order valence-corrected chi connectivity index (χ0v) is 18.1. The Morgan fingerprint density at radius 1 is 1.07 bits per heavy atom. The van der Waals surface area contributed by atoms with Gasteiger partial charge in [0.15, 0.2) is 0 Å². The number of carbonyl (C=O) groups excluding carboxylic acids is 1. The van der Waals surface area contributed by atoms with E-state index in [1.165, 1.54) is 31.3 Å². The second-order valence-corrected chi connectivity index (χ2v) is 9.17. The minimum absolute atomic E-state index is 0.0879. The number of likely N-dealkylation sites (N-methyl/N-ethyl adjacent to an activating group) is 1. The van der Waals surface area contributed by atoms with Crippen molar-refractivity contribution in [3.63, 3.8) is 0 Å². The quantitative estimate of drug-likeness (QED) is 0.700. The topological polar surface area (TPSA) is 69.7 Å². The van der Waals surface area contributed by atoms with Crippen LogP contribution in [-0.2, 0) is 14.8 Å². The van der Waals surface area contributed by atoms with E-state index in [1.54, 1.807) is 0 Å². The maximum absolute atomic E-state index is 12.5. The average Bonchev–Trinajstić information content (AvgIpc) is 2.63. The Morgan fingerprint density at radius 3 is 2.14 bits per heavy atom. The number of nitrogens with one attached hydrogen (secondary N) is 1. The molecular formula is C20H26ClN3O3S. The third-order valence-electron chi connectivity index (χ3n) is 4.33. The Hall–Kier alpha value is -2.09. The molecule has 0 aliphatic carbocycles. The van der Waals surface area contributed by atoms with Gasteiger partial charge in [-0.15, -0.1) is 0 Å². The SMILES string of the molecule is CCN(c1ccc(NC(=O)CN(C)S(=O)(=O)c2ccc(Cl)cc2)cc1)C(C)C. The van der Waals surface area contributed by atoms with E-state index in [0.717, 1.165) is 16.5 Å². The highest BCUT2D eigenvalue weighted by atomic mass is 35.5. The van der Waals surface area contributed by atoms with E-state index in [1.807, 2.05) is 24.3 Å². The summed E-state index contributed by atoms with van der Waals surface area (Å²) in [6.07, 6.45) is 0. The second-order valence-electron chi connectivity index (χ2n) is 6.69. The molecule has 2 aromatic rings. The molecule has 0 bridgehead atoms. The molecular weight excluding hydrogens is 398 g/mol. The van der Waals surface area contributed by atoms with Crippen LogP contribution in [0.2, 0.25) is 5.02 Å². The number of anilines is 2. The van der Waals surface area contributed by atoms with Gasteiger partial charge in [-0.25, -0.2) is 8.42 Å². The first-order valence-corrected chi connectivity index (χ1v) is 10.9. The molecule has 6 nitrogen and oxygen atoms in total. The Morgan fingerprint density at radius 2 is 1.64 bits per heavy atom. The van der Waals surface area contributed by atoms with Crippen LogP contribution in [0, 0.1) is 0 Å². The lowest BCUT2D eigenvalue weighted by Gasteiger charge is -2.27. The molecule has 1 N–H and O–H groups in total. The Bertz CT molecular complexity index is 897. The van der Waals surface area contributed by atoms with Crippen molar-refractivity contribution in [2.45, 2.75) is 31.7 Å². The molecule has 0 aliphatic rings. The molecule has 0 atom stereocenters. The molecule has 0 aliphatic heterocycles. The first-order chi connectivity index (χ1) is 13.1. The van der Waals surface area contributed by atoms with E-state index in [-0.39, 0.29) is 11.4 Å². The van der Waals surface area contributed by atoms with Crippen molar-refractivity contribution in [2.24, 2.45) is 0 Å². The zero-order valence-electron chi connectivity index (χ0n) is 16.5. The summed E-state index contributed by atoms with van der Waals surface area (Å²) in [6, 6.07) is 13.7. The van der Waals surface area contributed by atoms with E-state index in [4.69, 9.17) is 11.6 Å². The van der Waals surface area contributed by atoms with Crippen LogP contribution in [0.5, 0.6) is 0 Å². The van der Waals surface area contributed by atoms with E-state index in [9.17, 15) is 13.2 Å². The maximum atomic E-state index is 12.5. The third kappa shape index (κ3) is 5.47. The van der Waals surface area contributed by atoms with Gasteiger partial charge in [-0.05, 0) is 69.3 Å². The Kier molecular flexibility index (Phi) is 7.46. The molecule has 28 heavy (non-hydrogen) atoms. The number of nitrogens with zero attached hydrogens (tertiary/aromatic N) is 2. The summed E-state index contributed by atoms with van der Waals surface area (Å²) in [5.41, 5.74) is 1.68. The summed E-state index contributed by atoms with van der Waals surface area (Å²) in [5, 5.41) is 3.18. The monoisotopic (exact) mass is 423 g/mol. The lowest BCUT2D eigenvalue weighted by atomic mass is 10.2. The molecule has 0 saturated heterocycles. The molecule has 152 valence electrons. The predicted molar refractivity (Wildman–Crippen MR) is 114 cm³/mol. The number of carbonyl (C=O) groups is 1. The van der Waals surface area contributed by atoms with Crippen LogP contribution in [0.4, 0.5) is 11.4 Å². The summed E-state index contributed by atoms with van der Waals surface area (Å²) < 4.78 is 26.1. The van der Waals surface area contributed by atoms with E-state index in [2.05, 4.69) is 31.0 Å². The lowest BCUT2D eigenvalue weighted by Crippen LogP contribution is -2.35. The number of hydrogen-bond acceptors (Lipinski definition) is 4. The Balaban J connectivity index is 2.02. The third-order valence-corrected chi connectivity index (χ3v) is 6.40. The smallest absolute Gasteiger partial charge is 0.243 e. The second kappa shape index (κ2) is 9.41. The average molecular weight is 424 g/mol. The van der Waals surface area contributed by atoms with Gasteiger partial charge in [-0.2, -0.15) is 4.31 Å². The minimum Gasteiger partial charge on any atom is -0.369 e. The molecule has 0 radical (unpaired) electrons. The van der Waals surface area contributed by atoms with Gasteiger partial charge in [0, 0.05) is 36.0 Å². The molecule has 0 unspecified atom stereocenters. The number of hydrogen-bond donors (Lipinski definition) is 1. The van der Waals surface area contributed by atoms with Crippen molar-refractivity contribution in [1.29, 1.82) is 0 Å². The van der Waals surface area contributed by atoms with Crippen LogP contribution in [0.3, 0.4) is 0 Å². The van der Waals surface area contributed by atoms with Crippen LogP contribution in [0.1, 0.15) is 20.8 Å². The highest BCUT2D eigenvalue weighted by Gasteiger charge is 2.23. The van der Waals surface area contributed by atoms with Crippen molar-refractivity contribution in [3.8, 4) is 0 Å². The van der Waals surface area contributed by atoms with E-state index >= 15 is 0 Å². The van der Waals surface area contributed by atoms with Crippen LogP contribution in [-0.4, -0.2) is 44.8 Å². The van der Waals surface area contributed by atoms with Crippen LogP contribution >= 0.6 is 11.6 Å². The van der Waals surface area contributed by atoms with E-state index in [0.29, 0.717) is 16.8 Å². The number of sulfonamides is 1. The van der Waals surface area contributed by atoms with Crippen molar-refractivity contribution in [2.75, 3.05) is 30.4 Å². The molecule has 0 heterocycles. The fraction of sp³-hybridized carbons (Fsp3) is 0.350. The molecule has 2 aromatic carbocycles. The summed E-state index contributed by atoms with van der Waals surface area (Å²) in [6.45, 7) is 6.93. The first-order valence-electron chi connectivity index (χ1n) is 9.03. The van der Waals surface area contributed by atoms with Gasteiger partial charge in [-0.1, -0.05) is 11.6 Å². The van der Waals surface area contributed by atoms with Crippen LogP contribution in [0.15, 0.2) is 53.4 Å². The van der Waals surface area contributed by atoms with Crippen molar-refractivity contribution >= 4 is 38.9 Å². The molecule has 0 fully saturated rings. The van der Waals surface area contributed by atoms with Gasteiger partial charge < -0.3 is 10.2 Å². The summed E-state index contributed by atoms with van der Waals surface area (Å²) >= 11 is 5.80. The van der Waals surface area contributed by atoms with Crippen molar-refractivity contribution < 1.29 is 13.2 Å².